The highest BCUT2D eigenvalue weighted by molar-refractivity contribution is 5.59. The summed E-state index contributed by atoms with van der Waals surface area (Å²) in [5.41, 5.74) is 6.53. The highest BCUT2D eigenvalue weighted by atomic mass is 19.3. The summed E-state index contributed by atoms with van der Waals surface area (Å²) in [6, 6.07) is 4.71. The minimum absolute atomic E-state index is 0.00885. The Kier molecular flexibility index (Phi) is 4.58. The van der Waals surface area contributed by atoms with Crippen LogP contribution in [0.15, 0.2) is 18.2 Å². The molecule has 0 amide bonds. The van der Waals surface area contributed by atoms with Gasteiger partial charge in [0, 0.05) is 43.7 Å². The van der Waals surface area contributed by atoms with Gasteiger partial charge in [-0.3, -0.25) is 0 Å². The van der Waals surface area contributed by atoms with E-state index in [1.807, 2.05) is 11.9 Å². The normalized spacial score (nSPS) is 16.8. The zero-order valence-electron chi connectivity index (χ0n) is 11.1. The van der Waals surface area contributed by atoms with E-state index in [2.05, 4.69) is 0 Å². The molecular weight excluding hydrogens is 250 g/mol. The molecule has 0 aliphatic carbocycles. The molecule has 3 nitrogen and oxygen atoms in total. The van der Waals surface area contributed by atoms with Crippen LogP contribution in [0.1, 0.15) is 24.8 Å². The lowest BCUT2D eigenvalue weighted by Gasteiger charge is -2.29. The first-order chi connectivity index (χ1) is 9.08. The fourth-order valence-corrected chi connectivity index (χ4v) is 2.51. The summed E-state index contributed by atoms with van der Waals surface area (Å²) in [6.07, 6.45) is -0.525. The number of halogens is 2. The second kappa shape index (κ2) is 6.19. The summed E-state index contributed by atoms with van der Waals surface area (Å²) in [6.45, 7) is 2.30. The molecule has 1 aromatic rings. The SMILES string of the molecule is CN(CC1CCOCC1)c1ccc(N)cc1C(F)F. The lowest BCUT2D eigenvalue weighted by atomic mass is 9.99. The Morgan fingerprint density at radius 1 is 1.37 bits per heavy atom. The molecule has 0 aromatic heterocycles. The van der Waals surface area contributed by atoms with Crippen LogP contribution in [-0.2, 0) is 4.74 Å². The minimum atomic E-state index is -2.50. The van der Waals surface area contributed by atoms with Gasteiger partial charge in [-0.15, -0.1) is 0 Å². The maximum atomic E-state index is 13.0. The molecule has 5 heteroatoms. The van der Waals surface area contributed by atoms with Crippen molar-refractivity contribution in [3.63, 3.8) is 0 Å². The molecular formula is C14H20F2N2O. The maximum Gasteiger partial charge on any atom is 0.265 e. The number of rotatable bonds is 4. The molecule has 1 aliphatic heterocycles. The Hall–Kier alpha value is -1.36. The summed E-state index contributed by atoms with van der Waals surface area (Å²) in [4.78, 5) is 1.90. The predicted molar refractivity (Wildman–Crippen MR) is 72.6 cm³/mol. The van der Waals surface area contributed by atoms with Crippen molar-refractivity contribution in [2.75, 3.05) is 37.4 Å². The van der Waals surface area contributed by atoms with E-state index in [9.17, 15) is 8.78 Å². The van der Waals surface area contributed by atoms with Crippen LogP contribution in [0.25, 0.3) is 0 Å². The van der Waals surface area contributed by atoms with Gasteiger partial charge in [-0.2, -0.15) is 0 Å². The standard InChI is InChI=1S/C14H20F2N2O/c1-18(9-10-4-6-19-7-5-10)13-3-2-11(17)8-12(13)14(15)16/h2-3,8,10,14H,4-7,9,17H2,1H3. The number of hydrogen-bond donors (Lipinski definition) is 1. The lowest BCUT2D eigenvalue weighted by Crippen LogP contribution is -2.30. The van der Waals surface area contributed by atoms with Crippen LogP contribution in [0.3, 0.4) is 0 Å². The van der Waals surface area contributed by atoms with E-state index in [4.69, 9.17) is 10.5 Å². The molecule has 0 spiro atoms. The lowest BCUT2D eigenvalue weighted by molar-refractivity contribution is 0.0684. The number of ether oxygens (including phenoxy) is 1. The molecule has 2 N–H and O–H groups in total. The average molecular weight is 270 g/mol. The molecule has 19 heavy (non-hydrogen) atoms. The number of nitrogen functional groups attached to an aromatic ring is 1. The number of hydrogen-bond acceptors (Lipinski definition) is 3. The van der Waals surface area contributed by atoms with Crippen molar-refractivity contribution in [2.24, 2.45) is 5.92 Å². The molecule has 1 aromatic carbocycles. The number of benzene rings is 1. The van der Waals surface area contributed by atoms with E-state index in [1.54, 1.807) is 12.1 Å². The third-order valence-electron chi connectivity index (χ3n) is 3.57. The zero-order valence-corrected chi connectivity index (χ0v) is 11.1. The Balaban J connectivity index is 2.11. The largest absolute Gasteiger partial charge is 0.399 e. The summed E-state index contributed by atoms with van der Waals surface area (Å²) >= 11 is 0. The van der Waals surface area contributed by atoms with E-state index in [1.165, 1.54) is 6.07 Å². The van der Waals surface area contributed by atoms with Crippen LogP contribution < -0.4 is 10.6 Å². The molecule has 1 aliphatic rings. The van der Waals surface area contributed by atoms with Gasteiger partial charge in [0.05, 0.1) is 0 Å². The van der Waals surface area contributed by atoms with Gasteiger partial charge < -0.3 is 15.4 Å². The maximum absolute atomic E-state index is 13.0. The molecule has 0 bridgehead atoms. The van der Waals surface area contributed by atoms with Crippen LogP contribution in [0.4, 0.5) is 20.2 Å². The fraction of sp³-hybridized carbons (Fsp3) is 0.571. The van der Waals surface area contributed by atoms with Gasteiger partial charge in [0.25, 0.3) is 6.43 Å². The van der Waals surface area contributed by atoms with Crippen molar-refractivity contribution < 1.29 is 13.5 Å². The van der Waals surface area contributed by atoms with Gasteiger partial charge >= 0.3 is 0 Å². The highest BCUT2D eigenvalue weighted by Crippen LogP contribution is 2.32. The smallest absolute Gasteiger partial charge is 0.265 e. The molecule has 1 fully saturated rings. The van der Waals surface area contributed by atoms with Crippen LogP contribution in [0, 0.1) is 5.92 Å². The second-order valence-electron chi connectivity index (χ2n) is 5.06. The van der Waals surface area contributed by atoms with Gasteiger partial charge in [0.1, 0.15) is 0 Å². The van der Waals surface area contributed by atoms with Gasteiger partial charge in [-0.1, -0.05) is 0 Å². The van der Waals surface area contributed by atoms with Crippen LogP contribution >= 0.6 is 0 Å². The van der Waals surface area contributed by atoms with Gasteiger partial charge in [0.2, 0.25) is 0 Å². The van der Waals surface area contributed by atoms with Crippen molar-refractivity contribution in [3.05, 3.63) is 23.8 Å². The summed E-state index contributed by atoms with van der Waals surface area (Å²) in [7, 11) is 1.85. The average Bonchev–Trinajstić information content (AvgIpc) is 2.39. The Morgan fingerprint density at radius 3 is 2.68 bits per heavy atom. The van der Waals surface area contributed by atoms with Crippen molar-refractivity contribution >= 4 is 11.4 Å². The molecule has 0 saturated carbocycles. The summed E-state index contributed by atoms with van der Waals surface area (Å²) in [5, 5.41) is 0. The van der Waals surface area contributed by atoms with Crippen molar-refractivity contribution in [3.8, 4) is 0 Å². The molecule has 0 atom stereocenters. The van der Waals surface area contributed by atoms with Crippen LogP contribution in [0.2, 0.25) is 0 Å². The summed E-state index contributed by atoms with van der Waals surface area (Å²) < 4.78 is 31.4. The topological polar surface area (TPSA) is 38.5 Å². The Bertz CT molecular complexity index is 420. The van der Waals surface area contributed by atoms with E-state index < -0.39 is 6.43 Å². The van der Waals surface area contributed by atoms with Gasteiger partial charge in [-0.25, -0.2) is 8.78 Å². The number of nitrogens with zero attached hydrogens (tertiary/aromatic N) is 1. The van der Waals surface area contributed by atoms with E-state index in [-0.39, 0.29) is 5.56 Å². The molecule has 0 unspecified atom stereocenters. The van der Waals surface area contributed by atoms with Gasteiger partial charge in [0.15, 0.2) is 0 Å². The Labute approximate surface area is 112 Å². The van der Waals surface area contributed by atoms with Crippen molar-refractivity contribution in [1.82, 2.24) is 0 Å². The highest BCUT2D eigenvalue weighted by Gasteiger charge is 2.20. The molecule has 1 heterocycles. The molecule has 0 radical (unpaired) electrons. The number of alkyl halides is 2. The van der Waals surface area contributed by atoms with Crippen LogP contribution in [-0.4, -0.2) is 26.8 Å². The van der Waals surface area contributed by atoms with Crippen molar-refractivity contribution in [1.29, 1.82) is 0 Å². The molecule has 106 valence electrons. The van der Waals surface area contributed by atoms with E-state index >= 15 is 0 Å². The molecule has 1 saturated heterocycles. The first-order valence-corrected chi connectivity index (χ1v) is 6.54. The molecule has 2 rings (SSSR count). The van der Waals surface area contributed by atoms with Crippen molar-refractivity contribution in [2.45, 2.75) is 19.3 Å². The third-order valence-corrected chi connectivity index (χ3v) is 3.57. The second-order valence-corrected chi connectivity index (χ2v) is 5.06. The minimum Gasteiger partial charge on any atom is -0.399 e. The van der Waals surface area contributed by atoms with Gasteiger partial charge in [-0.05, 0) is 37.0 Å². The first-order valence-electron chi connectivity index (χ1n) is 6.54. The third kappa shape index (κ3) is 3.56. The Morgan fingerprint density at radius 2 is 2.05 bits per heavy atom. The quantitative estimate of drug-likeness (QED) is 0.855. The first kappa shape index (κ1) is 14.1. The predicted octanol–water partition coefficient (Wildman–Crippen LogP) is 3.07. The monoisotopic (exact) mass is 270 g/mol. The zero-order chi connectivity index (χ0) is 13.8. The number of anilines is 2. The number of nitrogens with two attached hydrogens (primary N) is 1. The van der Waals surface area contributed by atoms with E-state index in [0.717, 1.165) is 32.6 Å². The summed E-state index contributed by atoms with van der Waals surface area (Å²) in [5.74, 6) is 0.502. The van der Waals surface area contributed by atoms with Crippen LogP contribution in [0.5, 0.6) is 0 Å². The fourth-order valence-electron chi connectivity index (χ4n) is 2.51. The van der Waals surface area contributed by atoms with E-state index in [0.29, 0.717) is 17.3 Å².